The van der Waals surface area contributed by atoms with Crippen LogP contribution in [0.5, 0.6) is 0 Å². The maximum absolute atomic E-state index is 5.98. The molecule has 3 unspecified atom stereocenters. The van der Waals surface area contributed by atoms with Crippen LogP contribution in [0, 0.1) is 5.92 Å². The van der Waals surface area contributed by atoms with Crippen molar-refractivity contribution in [2.24, 2.45) is 11.7 Å². The van der Waals surface area contributed by atoms with Gasteiger partial charge in [-0.1, -0.05) is 0 Å². The number of hydrogen-bond donors (Lipinski definition) is 1. The first kappa shape index (κ1) is 11.4. The molecule has 2 aliphatic heterocycles. The van der Waals surface area contributed by atoms with Crippen LogP contribution in [0.1, 0.15) is 26.2 Å². The second kappa shape index (κ2) is 4.81. The van der Waals surface area contributed by atoms with E-state index >= 15 is 0 Å². The largest absolute Gasteiger partial charge is 0.328 e. The lowest BCUT2D eigenvalue weighted by molar-refractivity contribution is 0.129. The van der Waals surface area contributed by atoms with Crippen LogP contribution in [0.15, 0.2) is 0 Å². The van der Waals surface area contributed by atoms with Crippen LogP contribution in [0.4, 0.5) is 0 Å². The van der Waals surface area contributed by atoms with Gasteiger partial charge in [0.1, 0.15) is 0 Å². The molecule has 88 valence electrons. The molecule has 2 fully saturated rings. The molecule has 0 bridgehead atoms. The zero-order valence-electron chi connectivity index (χ0n) is 10.2. The summed E-state index contributed by atoms with van der Waals surface area (Å²) in [5.74, 6) is 0.734. The molecule has 0 aliphatic carbocycles. The highest BCUT2D eigenvalue weighted by atomic mass is 15.2. The van der Waals surface area contributed by atoms with Crippen molar-refractivity contribution in [1.82, 2.24) is 9.80 Å². The fraction of sp³-hybridized carbons (Fsp3) is 1.00. The maximum atomic E-state index is 5.98. The Hall–Kier alpha value is -0.120. The van der Waals surface area contributed by atoms with Gasteiger partial charge < -0.3 is 10.6 Å². The van der Waals surface area contributed by atoms with Crippen molar-refractivity contribution in [2.45, 2.75) is 38.3 Å². The summed E-state index contributed by atoms with van der Waals surface area (Å²) in [5, 5.41) is 0. The van der Waals surface area contributed by atoms with Gasteiger partial charge in [0.05, 0.1) is 0 Å². The molecule has 2 aliphatic rings. The van der Waals surface area contributed by atoms with Crippen LogP contribution in [0.2, 0.25) is 0 Å². The predicted octanol–water partition coefficient (Wildman–Crippen LogP) is 0.750. The number of nitrogens with zero attached hydrogens (tertiary/aromatic N) is 2. The van der Waals surface area contributed by atoms with Gasteiger partial charge in [0.2, 0.25) is 0 Å². The zero-order valence-corrected chi connectivity index (χ0v) is 10.2. The summed E-state index contributed by atoms with van der Waals surface area (Å²) in [6.45, 7) is 7.19. The lowest BCUT2D eigenvalue weighted by Gasteiger charge is -2.36. The van der Waals surface area contributed by atoms with Crippen LogP contribution >= 0.6 is 0 Å². The predicted molar refractivity (Wildman–Crippen MR) is 63.8 cm³/mol. The fourth-order valence-electron chi connectivity index (χ4n) is 3.01. The summed E-state index contributed by atoms with van der Waals surface area (Å²) < 4.78 is 0. The molecule has 0 aromatic carbocycles. The van der Waals surface area contributed by atoms with E-state index in [1.54, 1.807) is 0 Å². The summed E-state index contributed by atoms with van der Waals surface area (Å²) in [7, 11) is 2.24. The quantitative estimate of drug-likeness (QED) is 0.731. The van der Waals surface area contributed by atoms with Crippen LogP contribution in [-0.2, 0) is 0 Å². The second-order valence-corrected chi connectivity index (χ2v) is 5.46. The standard InChI is InChI=1S/C12H25N3/c1-10(13)11-5-7-15(8-11)12-4-3-6-14(2)9-12/h10-12H,3-9,13H2,1-2H3. The summed E-state index contributed by atoms with van der Waals surface area (Å²) in [4.78, 5) is 5.14. The van der Waals surface area contributed by atoms with E-state index in [0.29, 0.717) is 6.04 Å². The minimum atomic E-state index is 0.372. The first-order valence-corrected chi connectivity index (χ1v) is 6.35. The topological polar surface area (TPSA) is 32.5 Å². The highest BCUT2D eigenvalue weighted by molar-refractivity contribution is 4.87. The first-order valence-electron chi connectivity index (χ1n) is 6.35. The Labute approximate surface area is 93.6 Å². The number of nitrogens with two attached hydrogens (primary N) is 1. The second-order valence-electron chi connectivity index (χ2n) is 5.46. The zero-order chi connectivity index (χ0) is 10.8. The van der Waals surface area contributed by atoms with Gasteiger partial charge in [-0.15, -0.1) is 0 Å². The van der Waals surface area contributed by atoms with Gasteiger partial charge in [-0.3, -0.25) is 4.90 Å². The van der Waals surface area contributed by atoms with Gasteiger partial charge >= 0.3 is 0 Å². The van der Waals surface area contributed by atoms with Gasteiger partial charge in [-0.2, -0.15) is 0 Å². The summed E-state index contributed by atoms with van der Waals surface area (Å²) >= 11 is 0. The Bertz CT molecular complexity index is 205. The molecule has 0 aromatic heterocycles. The maximum Gasteiger partial charge on any atom is 0.0223 e. The van der Waals surface area contributed by atoms with Crippen LogP contribution < -0.4 is 5.73 Å². The molecule has 0 spiro atoms. The van der Waals surface area contributed by atoms with Crippen molar-refractivity contribution >= 4 is 0 Å². The van der Waals surface area contributed by atoms with Crippen molar-refractivity contribution in [3.63, 3.8) is 0 Å². The Morgan fingerprint density at radius 2 is 2.00 bits per heavy atom. The van der Waals surface area contributed by atoms with Crippen molar-refractivity contribution in [2.75, 3.05) is 33.2 Å². The van der Waals surface area contributed by atoms with Crippen LogP contribution in [0.25, 0.3) is 0 Å². The third-order valence-electron chi connectivity index (χ3n) is 4.12. The summed E-state index contributed by atoms with van der Waals surface area (Å²) in [6, 6.07) is 1.17. The third-order valence-corrected chi connectivity index (χ3v) is 4.12. The van der Waals surface area contributed by atoms with Gasteiger partial charge in [0.15, 0.2) is 0 Å². The minimum absolute atomic E-state index is 0.372. The monoisotopic (exact) mass is 211 g/mol. The number of hydrogen-bond acceptors (Lipinski definition) is 3. The third kappa shape index (κ3) is 2.71. The van der Waals surface area contributed by atoms with E-state index < -0.39 is 0 Å². The van der Waals surface area contributed by atoms with Crippen molar-refractivity contribution in [1.29, 1.82) is 0 Å². The molecule has 15 heavy (non-hydrogen) atoms. The number of likely N-dealkylation sites (tertiary alicyclic amines) is 2. The molecule has 0 radical (unpaired) electrons. The van der Waals surface area contributed by atoms with Crippen molar-refractivity contribution in [3.05, 3.63) is 0 Å². The van der Waals surface area contributed by atoms with E-state index in [2.05, 4.69) is 23.8 Å². The average molecular weight is 211 g/mol. The number of piperidine rings is 1. The fourth-order valence-corrected chi connectivity index (χ4v) is 3.01. The molecule has 2 N–H and O–H groups in total. The van der Waals surface area contributed by atoms with Gasteiger partial charge in [0, 0.05) is 25.2 Å². The molecule has 2 heterocycles. The molecule has 3 nitrogen and oxygen atoms in total. The van der Waals surface area contributed by atoms with E-state index in [4.69, 9.17) is 5.73 Å². The highest BCUT2D eigenvalue weighted by Crippen LogP contribution is 2.24. The normalized spacial score (nSPS) is 37.0. The lowest BCUT2D eigenvalue weighted by atomic mass is 10.0. The van der Waals surface area contributed by atoms with Gasteiger partial charge in [-0.05, 0) is 52.2 Å². The smallest absolute Gasteiger partial charge is 0.0223 e. The molecule has 3 heteroatoms. The SMILES string of the molecule is CC(N)C1CCN(C2CCCN(C)C2)C1. The minimum Gasteiger partial charge on any atom is -0.328 e. The lowest BCUT2D eigenvalue weighted by Crippen LogP contribution is -2.46. The van der Waals surface area contributed by atoms with Crippen molar-refractivity contribution < 1.29 is 0 Å². The molecule has 0 aromatic rings. The summed E-state index contributed by atoms with van der Waals surface area (Å²) in [6.07, 6.45) is 4.05. The average Bonchev–Trinajstić information content (AvgIpc) is 2.66. The van der Waals surface area contributed by atoms with Crippen LogP contribution in [-0.4, -0.2) is 55.1 Å². The molecule has 0 saturated carbocycles. The molecule has 2 saturated heterocycles. The highest BCUT2D eigenvalue weighted by Gasteiger charge is 2.31. The number of likely N-dealkylation sites (N-methyl/N-ethyl adjacent to an activating group) is 1. The molecule has 2 rings (SSSR count). The Morgan fingerprint density at radius 3 is 2.60 bits per heavy atom. The molecule has 0 amide bonds. The van der Waals surface area contributed by atoms with E-state index in [1.807, 2.05) is 0 Å². The summed E-state index contributed by atoms with van der Waals surface area (Å²) in [5.41, 5.74) is 5.98. The first-order chi connectivity index (χ1) is 7.16. The van der Waals surface area contributed by atoms with E-state index in [9.17, 15) is 0 Å². The Balaban J connectivity index is 1.84. The van der Waals surface area contributed by atoms with Gasteiger partial charge in [0.25, 0.3) is 0 Å². The van der Waals surface area contributed by atoms with E-state index in [-0.39, 0.29) is 0 Å². The van der Waals surface area contributed by atoms with E-state index in [1.165, 1.54) is 45.4 Å². The Morgan fingerprint density at radius 1 is 1.20 bits per heavy atom. The Kier molecular flexibility index (Phi) is 3.65. The molecular weight excluding hydrogens is 186 g/mol. The van der Waals surface area contributed by atoms with E-state index in [0.717, 1.165) is 12.0 Å². The van der Waals surface area contributed by atoms with Crippen LogP contribution in [0.3, 0.4) is 0 Å². The van der Waals surface area contributed by atoms with Gasteiger partial charge in [-0.25, -0.2) is 0 Å². The molecular formula is C12H25N3. The van der Waals surface area contributed by atoms with Crippen molar-refractivity contribution in [3.8, 4) is 0 Å². The molecule has 3 atom stereocenters. The number of rotatable bonds is 2.